The lowest BCUT2D eigenvalue weighted by Crippen LogP contribution is -2.27. The quantitative estimate of drug-likeness (QED) is 0.908. The van der Waals surface area contributed by atoms with Crippen LogP contribution in [-0.4, -0.2) is 6.04 Å². The Morgan fingerprint density at radius 3 is 3.06 bits per heavy atom. The van der Waals surface area contributed by atoms with Crippen molar-refractivity contribution in [3.8, 4) is 0 Å². The topological polar surface area (TPSA) is 25.2 Å². The van der Waals surface area contributed by atoms with Gasteiger partial charge >= 0.3 is 0 Å². The average molecular weight is 300 g/mol. The molecule has 0 aliphatic rings. The predicted octanol–water partition coefficient (Wildman–Crippen LogP) is 3.82. The van der Waals surface area contributed by atoms with E-state index in [0.29, 0.717) is 6.04 Å². The van der Waals surface area contributed by atoms with Crippen molar-refractivity contribution in [3.63, 3.8) is 0 Å². The van der Waals surface area contributed by atoms with E-state index in [2.05, 4.69) is 39.6 Å². The molecule has 0 saturated carbocycles. The maximum absolute atomic E-state index is 5.31. The number of furan rings is 1. The van der Waals surface area contributed by atoms with Crippen molar-refractivity contribution in [2.24, 2.45) is 0 Å². The van der Waals surface area contributed by atoms with Crippen molar-refractivity contribution in [3.05, 3.63) is 45.0 Å². The lowest BCUT2D eigenvalue weighted by molar-refractivity contribution is 0.456. The predicted molar refractivity (Wildman–Crippen MR) is 70.7 cm³/mol. The number of thiophene rings is 1. The maximum atomic E-state index is 5.31. The molecule has 16 heavy (non-hydrogen) atoms. The van der Waals surface area contributed by atoms with Crippen LogP contribution in [0.15, 0.2) is 38.0 Å². The highest BCUT2D eigenvalue weighted by Crippen LogP contribution is 2.20. The van der Waals surface area contributed by atoms with Crippen LogP contribution in [0.3, 0.4) is 0 Å². The van der Waals surface area contributed by atoms with Crippen LogP contribution in [0.4, 0.5) is 0 Å². The molecule has 2 rings (SSSR count). The summed E-state index contributed by atoms with van der Waals surface area (Å²) in [4.78, 5) is 0. The molecule has 0 spiro atoms. The number of hydrogen-bond acceptors (Lipinski definition) is 3. The summed E-state index contributed by atoms with van der Waals surface area (Å²) in [5, 5.41) is 5.64. The van der Waals surface area contributed by atoms with Gasteiger partial charge in [-0.2, -0.15) is 0 Å². The van der Waals surface area contributed by atoms with Gasteiger partial charge in [0.15, 0.2) is 0 Å². The second-order valence-corrected chi connectivity index (χ2v) is 6.11. The molecule has 1 atom stereocenters. The van der Waals surface area contributed by atoms with Crippen molar-refractivity contribution in [1.29, 1.82) is 0 Å². The zero-order valence-electron chi connectivity index (χ0n) is 9.07. The highest BCUT2D eigenvalue weighted by Gasteiger charge is 2.05. The van der Waals surface area contributed by atoms with Gasteiger partial charge < -0.3 is 9.73 Å². The summed E-state index contributed by atoms with van der Waals surface area (Å²) in [6.45, 7) is 3.08. The summed E-state index contributed by atoms with van der Waals surface area (Å²) in [6.07, 6.45) is 2.65. The first-order valence-corrected chi connectivity index (χ1v) is 6.90. The first-order chi connectivity index (χ1) is 7.74. The normalized spacial score (nSPS) is 12.9. The fourth-order valence-corrected chi connectivity index (χ4v) is 2.74. The van der Waals surface area contributed by atoms with Crippen molar-refractivity contribution in [2.75, 3.05) is 0 Å². The summed E-state index contributed by atoms with van der Waals surface area (Å²) in [5.41, 5.74) is 1.32. The molecular formula is C12H14BrNOS. The van der Waals surface area contributed by atoms with E-state index in [1.807, 2.05) is 12.1 Å². The minimum absolute atomic E-state index is 0.421. The number of halogens is 1. The molecule has 2 nitrogen and oxygen atoms in total. The number of rotatable bonds is 5. The summed E-state index contributed by atoms with van der Waals surface area (Å²) in [7, 11) is 0. The van der Waals surface area contributed by atoms with Crippen LogP contribution in [0.25, 0.3) is 0 Å². The first kappa shape index (κ1) is 11.9. The molecule has 2 aromatic heterocycles. The van der Waals surface area contributed by atoms with Gasteiger partial charge in [-0.25, -0.2) is 0 Å². The fraction of sp³-hybridized carbons (Fsp3) is 0.333. The van der Waals surface area contributed by atoms with Gasteiger partial charge in [-0.15, -0.1) is 11.3 Å². The Balaban J connectivity index is 1.77. The Hall–Kier alpha value is -0.580. The van der Waals surface area contributed by atoms with Gasteiger partial charge in [0.1, 0.15) is 5.76 Å². The molecule has 0 aromatic carbocycles. The lowest BCUT2D eigenvalue weighted by Gasteiger charge is -2.11. The van der Waals surface area contributed by atoms with Crippen LogP contribution in [0.1, 0.15) is 18.2 Å². The van der Waals surface area contributed by atoms with Crippen LogP contribution in [-0.2, 0) is 13.0 Å². The molecule has 2 aromatic rings. The first-order valence-electron chi connectivity index (χ1n) is 5.22. The molecule has 0 aliphatic heterocycles. The third-order valence-corrected chi connectivity index (χ3v) is 3.92. The highest BCUT2D eigenvalue weighted by atomic mass is 79.9. The summed E-state index contributed by atoms with van der Waals surface area (Å²) in [6, 6.07) is 6.51. The standard InChI is InChI=1S/C12H14BrNOS/c1-9(5-11-3-2-4-15-11)14-7-10-6-12(13)16-8-10/h2-4,6,8-9,14H,5,7H2,1H3. The third kappa shape index (κ3) is 3.47. The minimum Gasteiger partial charge on any atom is -0.469 e. The van der Waals surface area contributed by atoms with Crippen molar-refractivity contribution in [2.45, 2.75) is 25.9 Å². The minimum atomic E-state index is 0.421. The SMILES string of the molecule is CC(Cc1ccco1)NCc1csc(Br)c1. The van der Waals surface area contributed by atoms with E-state index in [-0.39, 0.29) is 0 Å². The van der Waals surface area contributed by atoms with Gasteiger partial charge in [0.25, 0.3) is 0 Å². The van der Waals surface area contributed by atoms with E-state index in [9.17, 15) is 0 Å². The van der Waals surface area contributed by atoms with Gasteiger partial charge in [0.05, 0.1) is 10.0 Å². The van der Waals surface area contributed by atoms with E-state index in [1.165, 1.54) is 9.35 Å². The fourth-order valence-electron chi connectivity index (χ4n) is 1.53. The van der Waals surface area contributed by atoms with E-state index in [4.69, 9.17) is 4.42 Å². The monoisotopic (exact) mass is 299 g/mol. The molecule has 0 amide bonds. The summed E-state index contributed by atoms with van der Waals surface area (Å²) in [5.74, 6) is 1.03. The van der Waals surface area contributed by atoms with Crippen molar-refractivity contribution in [1.82, 2.24) is 5.32 Å². The van der Waals surface area contributed by atoms with Gasteiger partial charge in [-0.05, 0) is 52.0 Å². The Labute approximate surface area is 108 Å². The number of nitrogens with one attached hydrogen (secondary N) is 1. The van der Waals surface area contributed by atoms with E-state index < -0.39 is 0 Å². The smallest absolute Gasteiger partial charge is 0.105 e. The van der Waals surface area contributed by atoms with Gasteiger partial charge in [0.2, 0.25) is 0 Å². The molecule has 0 bridgehead atoms. The molecule has 0 saturated heterocycles. The highest BCUT2D eigenvalue weighted by molar-refractivity contribution is 9.11. The van der Waals surface area contributed by atoms with Gasteiger partial charge in [0, 0.05) is 19.0 Å². The maximum Gasteiger partial charge on any atom is 0.105 e. The molecule has 4 heteroatoms. The van der Waals surface area contributed by atoms with Crippen LogP contribution < -0.4 is 5.32 Å². The largest absolute Gasteiger partial charge is 0.469 e. The second-order valence-electron chi connectivity index (χ2n) is 3.82. The Morgan fingerprint density at radius 2 is 2.44 bits per heavy atom. The molecule has 2 heterocycles. The second kappa shape index (κ2) is 5.66. The molecule has 1 unspecified atom stereocenters. The summed E-state index contributed by atoms with van der Waals surface area (Å²) >= 11 is 5.18. The molecule has 0 fully saturated rings. The van der Waals surface area contributed by atoms with Crippen LogP contribution in [0.5, 0.6) is 0 Å². The Morgan fingerprint density at radius 1 is 1.56 bits per heavy atom. The van der Waals surface area contributed by atoms with E-state index in [1.54, 1.807) is 17.6 Å². The van der Waals surface area contributed by atoms with Crippen molar-refractivity contribution < 1.29 is 4.42 Å². The molecule has 0 radical (unpaired) electrons. The lowest BCUT2D eigenvalue weighted by atomic mass is 10.2. The van der Waals surface area contributed by atoms with E-state index >= 15 is 0 Å². The van der Waals surface area contributed by atoms with Crippen LogP contribution in [0, 0.1) is 0 Å². The van der Waals surface area contributed by atoms with E-state index in [0.717, 1.165) is 18.7 Å². The number of hydrogen-bond donors (Lipinski definition) is 1. The Kier molecular flexibility index (Phi) is 4.21. The molecule has 86 valence electrons. The Bertz CT molecular complexity index is 424. The molecular weight excluding hydrogens is 286 g/mol. The average Bonchev–Trinajstić information content (AvgIpc) is 2.87. The summed E-state index contributed by atoms with van der Waals surface area (Å²) < 4.78 is 6.50. The zero-order chi connectivity index (χ0) is 11.4. The van der Waals surface area contributed by atoms with Crippen molar-refractivity contribution >= 4 is 27.3 Å². The van der Waals surface area contributed by atoms with Crippen LogP contribution >= 0.6 is 27.3 Å². The third-order valence-electron chi connectivity index (χ3n) is 2.36. The van der Waals surface area contributed by atoms with Crippen LogP contribution in [0.2, 0.25) is 0 Å². The zero-order valence-corrected chi connectivity index (χ0v) is 11.5. The van der Waals surface area contributed by atoms with Gasteiger partial charge in [-0.1, -0.05) is 0 Å². The molecule has 0 aliphatic carbocycles. The molecule has 1 N–H and O–H groups in total. The van der Waals surface area contributed by atoms with Gasteiger partial charge in [-0.3, -0.25) is 0 Å².